The van der Waals surface area contributed by atoms with Crippen molar-refractivity contribution in [3.8, 4) is 5.75 Å². The number of rotatable bonds is 6. The van der Waals surface area contributed by atoms with Gasteiger partial charge in [-0.2, -0.15) is 8.78 Å². The van der Waals surface area contributed by atoms with Crippen molar-refractivity contribution in [2.45, 2.75) is 19.1 Å². The van der Waals surface area contributed by atoms with Crippen LogP contribution < -0.4 is 16.0 Å². The van der Waals surface area contributed by atoms with Crippen LogP contribution in [0.25, 0.3) is 0 Å². The fourth-order valence-corrected chi connectivity index (χ4v) is 2.37. The van der Waals surface area contributed by atoms with E-state index in [2.05, 4.69) is 32.8 Å². The SMILES string of the molecule is NNC(Cc1ccc(I)cc1)c1ccc(OC(F)F)cc1. The van der Waals surface area contributed by atoms with Gasteiger partial charge in [0.2, 0.25) is 0 Å². The summed E-state index contributed by atoms with van der Waals surface area (Å²) in [4.78, 5) is 0. The van der Waals surface area contributed by atoms with Crippen LogP contribution >= 0.6 is 22.6 Å². The molecule has 1 atom stereocenters. The second-order valence-electron chi connectivity index (χ2n) is 4.50. The van der Waals surface area contributed by atoms with Crippen molar-refractivity contribution in [1.29, 1.82) is 0 Å². The third kappa shape index (κ3) is 4.90. The van der Waals surface area contributed by atoms with E-state index in [0.717, 1.165) is 11.1 Å². The van der Waals surface area contributed by atoms with Gasteiger partial charge in [-0.1, -0.05) is 24.3 Å². The average Bonchev–Trinajstić information content (AvgIpc) is 2.47. The maximum atomic E-state index is 12.1. The molecule has 0 aromatic heterocycles. The summed E-state index contributed by atoms with van der Waals surface area (Å²) < 4.78 is 29.7. The molecule has 0 aliphatic carbocycles. The molecular formula is C15H15F2IN2O. The summed E-state index contributed by atoms with van der Waals surface area (Å²) in [5.74, 6) is 5.74. The topological polar surface area (TPSA) is 47.3 Å². The minimum atomic E-state index is -2.81. The molecule has 0 heterocycles. The summed E-state index contributed by atoms with van der Waals surface area (Å²) in [5.41, 5.74) is 4.81. The second kappa shape index (κ2) is 7.67. The lowest BCUT2D eigenvalue weighted by Gasteiger charge is -2.17. The minimum absolute atomic E-state index is 0.0920. The molecule has 3 N–H and O–H groups in total. The Hall–Kier alpha value is -1.25. The number of nitrogens with one attached hydrogen (secondary N) is 1. The molecule has 0 amide bonds. The Balaban J connectivity index is 2.08. The molecule has 0 spiro atoms. The standard InChI is InChI=1S/C15H15F2IN2O/c16-15(17)21-13-7-3-11(4-8-13)14(20-19)9-10-1-5-12(18)6-2-10/h1-8,14-15,20H,9,19H2. The summed E-state index contributed by atoms with van der Waals surface area (Å²) in [6.45, 7) is -2.81. The van der Waals surface area contributed by atoms with Gasteiger partial charge < -0.3 is 4.74 Å². The monoisotopic (exact) mass is 404 g/mol. The van der Waals surface area contributed by atoms with Crippen molar-refractivity contribution < 1.29 is 13.5 Å². The molecule has 0 saturated carbocycles. The fraction of sp³-hybridized carbons (Fsp3) is 0.200. The highest BCUT2D eigenvalue weighted by atomic mass is 127. The Morgan fingerprint density at radius 1 is 1.05 bits per heavy atom. The van der Waals surface area contributed by atoms with Crippen LogP contribution in [0.1, 0.15) is 17.2 Å². The zero-order chi connectivity index (χ0) is 15.2. The van der Waals surface area contributed by atoms with Crippen LogP contribution in [0.15, 0.2) is 48.5 Å². The zero-order valence-corrected chi connectivity index (χ0v) is 13.3. The Bertz CT molecular complexity index is 561. The molecule has 0 fully saturated rings. The molecule has 1 unspecified atom stereocenters. The van der Waals surface area contributed by atoms with Crippen LogP contribution in [-0.2, 0) is 6.42 Å². The van der Waals surface area contributed by atoms with E-state index in [4.69, 9.17) is 5.84 Å². The van der Waals surface area contributed by atoms with Crippen molar-refractivity contribution in [3.05, 3.63) is 63.2 Å². The quantitative estimate of drug-likeness (QED) is 0.439. The van der Waals surface area contributed by atoms with Crippen LogP contribution in [0.4, 0.5) is 8.78 Å². The predicted molar refractivity (Wildman–Crippen MR) is 86.0 cm³/mol. The Labute approximate surface area is 135 Å². The number of hydrogen-bond donors (Lipinski definition) is 2. The van der Waals surface area contributed by atoms with E-state index < -0.39 is 6.61 Å². The minimum Gasteiger partial charge on any atom is -0.435 e. The molecule has 3 nitrogen and oxygen atoms in total. The summed E-state index contributed by atoms with van der Waals surface area (Å²) in [6.07, 6.45) is 0.711. The third-order valence-corrected chi connectivity index (χ3v) is 3.78. The van der Waals surface area contributed by atoms with Crippen molar-refractivity contribution in [3.63, 3.8) is 0 Å². The Morgan fingerprint density at radius 3 is 2.19 bits per heavy atom. The van der Waals surface area contributed by atoms with Crippen molar-refractivity contribution in [2.24, 2.45) is 5.84 Å². The van der Waals surface area contributed by atoms with Gasteiger partial charge in [-0.05, 0) is 64.4 Å². The maximum Gasteiger partial charge on any atom is 0.387 e. The highest BCUT2D eigenvalue weighted by molar-refractivity contribution is 14.1. The first kappa shape index (κ1) is 16.1. The number of benzene rings is 2. The molecule has 0 aliphatic rings. The molecule has 0 radical (unpaired) electrons. The van der Waals surface area contributed by atoms with E-state index >= 15 is 0 Å². The maximum absolute atomic E-state index is 12.1. The largest absolute Gasteiger partial charge is 0.435 e. The summed E-state index contributed by atoms with van der Waals surface area (Å²) in [7, 11) is 0. The second-order valence-corrected chi connectivity index (χ2v) is 5.74. The van der Waals surface area contributed by atoms with Crippen LogP contribution in [0, 0.1) is 3.57 Å². The van der Waals surface area contributed by atoms with Crippen LogP contribution in [-0.4, -0.2) is 6.61 Å². The molecular weight excluding hydrogens is 389 g/mol. The van der Waals surface area contributed by atoms with Gasteiger partial charge in [0.15, 0.2) is 0 Å². The molecule has 21 heavy (non-hydrogen) atoms. The lowest BCUT2D eigenvalue weighted by Crippen LogP contribution is -2.29. The van der Waals surface area contributed by atoms with Gasteiger partial charge in [0.05, 0.1) is 0 Å². The molecule has 2 aromatic rings. The van der Waals surface area contributed by atoms with E-state index in [-0.39, 0.29) is 11.8 Å². The van der Waals surface area contributed by atoms with Crippen molar-refractivity contribution in [2.75, 3.05) is 0 Å². The summed E-state index contributed by atoms with van der Waals surface area (Å²) in [6, 6.07) is 14.5. The van der Waals surface area contributed by atoms with E-state index in [9.17, 15) is 8.78 Å². The number of ether oxygens (including phenoxy) is 1. The molecule has 2 aromatic carbocycles. The molecule has 2 rings (SSSR count). The van der Waals surface area contributed by atoms with Crippen LogP contribution in [0.3, 0.4) is 0 Å². The number of alkyl halides is 2. The highest BCUT2D eigenvalue weighted by Gasteiger charge is 2.11. The van der Waals surface area contributed by atoms with Gasteiger partial charge in [-0.25, -0.2) is 0 Å². The van der Waals surface area contributed by atoms with Crippen molar-refractivity contribution in [1.82, 2.24) is 5.43 Å². The summed E-state index contributed by atoms with van der Waals surface area (Å²) >= 11 is 2.25. The van der Waals surface area contributed by atoms with Gasteiger partial charge >= 0.3 is 6.61 Å². The van der Waals surface area contributed by atoms with Crippen LogP contribution in [0.5, 0.6) is 5.75 Å². The number of halogens is 3. The lowest BCUT2D eigenvalue weighted by atomic mass is 9.99. The summed E-state index contributed by atoms with van der Waals surface area (Å²) in [5, 5.41) is 0. The fourth-order valence-electron chi connectivity index (χ4n) is 2.01. The van der Waals surface area contributed by atoms with Gasteiger partial charge in [0.1, 0.15) is 5.75 Å². The molecule has 0 saturated heterocycles. The van der Waals surface area contributed by atoms with Gasteiger partial charge in [-0.3, -0.25) is 11.3 Å². The smallest absolute Gasteiger partial charge is 0.387 e. The normalized spacial score (nSPS) is 12.4. The van der Waals surface area contributed by atoms with Gasteiger partial charge in [-0.15, -0.1) is 0 Å². The molecule has 112 valence electrons. The highest BCUT2D eigenvalue weighted by Crippen LogP contribution is 2.22. The third-order valence-electron chi connectivity index (χ3n) is 3.06. The molecule has 0 aliphatic heterocycles. The first-order chi connectivity index (χ1) is 10.1. The average molecular weight is 404 g/mol. The lowest BCUT2D eigenvalue weighted by molar-refractivity contribution is -0.0498. The van der Waals surface area contributed by atoms with Crippen molar-refractivity contribution >= 4 is 22.6 Å². The first-order valence-electron chi connectivity index (χ1n) is 6.34. The van der Waals surface area contributed by atoms with E-state index in [0.29, 0.717) is 6.42 Å². The molecule has 6 heteroatoms. The number of hydrazine groups is 1. The van der Waals surface area contributed by atoms with E-state index in [1.807, 2.05) is 24.3 Å². The van der Waals surface area contributed by atoms with Crippen LogP contribution in [0.2, 0.25) is 0 Å². The van der Waals surface area contributed by atoms with Gasteiger partial charge in [0.25, 0.3) is 0 Å². The molecule has 0 bridgehead atoms. The zero-order valence-electron chi connectivity index (χ0n) is 11.1. The van der Waals surface area contributed by atoms with Gasteiger partial charge in [0, 0.05) is 9.61 Å². The van der Waals surface area contributed by atoms with E-state index in [1.54, 1.807) is 12.1 Å². The Morgan fingerprint density at radius 2 is 1.67 bits per heavy atom. The first-order valence-corrected chi connectivity index (χ1v) is 7.41. The van der Waals surface area contributed by atoms with E-state index in [1.165, 1.54) is 15.7 Å². The Kier molecular flexibility index (Phi) is 5.89. The number of hydrogen-bond acceptors (Lipinski definition) is 3. The predicted octanol–water partition coefficient (Wildman–Crippen LogP) is 3.64. The number of nitrogens with two attached hydrogens (primary N) is 1.